The number of methoxy groups -OCH3 is 2. The summed E-state index contributed by atoms with van der Waals surface area (Å²) in [6, 6.07) is 9.92. The van der Waals surface area contributed by atoms with Crippen molar-refractivity contribution < 1.29 is 9.47 Å². The summed E-state index contributed by atoms with van der Waals surface area (Å²) in [6.45, 7) is 2.06. The Labute approximate surface area is 125 Å². The van der Waals surface area contributed by atoms with Crippen molar-refractivity contribution in [3.63, 3.8) is 0 Å². The quantitative estimate of drug-likeness (QED) is 0.887. The zero-order chi connectivity index (χ0) is 15.3. The second-order valence-electron chi connectivity index (χ2n) is 5.55. The lowest BCUT2D eigenvalue weighted by atomic mass is 9.87. The van der Waals surface area contributed by atoms with E-state index < -0.39 is 0 Å². The molecule has 21 heavy (non-hydrogen) atoms. The second kappa shape index (κ2) is 6.59. The molecule has 1 aromatic heterocycles. The van der Waals surface area contributed by atoms with Gasteiger partial charge in [0, 0.05) is 17.9 Å². The van der Waals surface area contributed by atoms with Gasteiger partial charge in [0.25, 0.3) is 0 Å². The number of aromatic nitrogens is 1. The zero-order valence-electron chi connectivity index (χ0n) is 12.8. The highest BCUT2D eigenvalue weighted by Crippen LogP contribution is 2.29. The molecule has 2 N–H and O–H groups in total. The molecular weight excluding hydrogens is 264 g/mol. The van der Waals surface area contributed by atoms with Crippen LogP contribution in [0, 0.1) is 0 Å². The molecule has 0 bridgehead atoms. The molecule has 0 spiro atoms. The van der Waals surface area contributed by atoms with Crippen molar-refractivity contribution >= 4 is 0 Å². The highest BCUT2D eigenvalue weighted by Gasteiger charge is 2.20. The molecule has 1 aromatic carbocycles. The molecule has 0 radical (unpaired) electrons. The molecule has 0 aliphatic heterocycles. The fourth-order valence-electron chi connectivity index (χ4n) is 2.49. The molecule has 1 unspecified atom stereocenters. The van der Waals surface area contributed by atoms with Crippen LogP contribution >= 0.6 is 0 Å². The Morgan fingerprint density at radius 1 is 0.952 bits per heavy atom. The highest BCUT2D eigenvalue weighted by molar-refractivity contribution is 5.43. The van der Waals surface area contributed by atoms with Crippen LogP contribution in [0.4, 0.5) is 0 Å². The SMILES string of the molecule is COc1ccc(CC(C)(N)Cc2ccncc2)cc1OC. The van der Waals surface area contributed by atoms with E-state index in [0.717, 1.165) is 29.9 Å². The van der Waals surface area contributed by atoms with Crippen molar-refractivity contribution in [2.75, 3.05) is 14.2 Å². The van der Waals surface area contributed by atoms with E-state index in [1.54, 1.807) is 26.6 Å². The molecule has 1 atom stereocenters. The second-order valence-corrected chi connectivity index (χ2v) is 5.55. The van der Waals surface area contributed by atoms with Gasteiger partial charge in [-0.25, -0.2) is 0 Å². The van der Waals surface area contributed by atoms with Gasteiger partial charge in [-0.3, -0.25) is 4.98 Å². The number of nitrogens with two attached hydrogens (primary N) is 1. The number of ether oxygens (including phenoxy) is 2. The van der Waals surface area contributed by atoms with Crippen LogP contribution in [0.25, 0.3) is 0 Å². The Morgan fingerprint density at radius 3 is 2.19 bits per heavy atom. The number of rotatable bonds is 6. The Morgan fingerprint density at radius 2 is 1.57 bits per heavy atom. The van der Waals surface area contributed by atoms with Crippen molar-refractivity contribution in [2.45, 2.75) is 25.3 Å². The standard InChI is InChI=1S/C17H22N2O2/c1-17(18,11-13-6-8-19-9-7-13)12-14-4-5-15(20-2)16(10-14)21-3/h4-10H,11-12,18H2,1-3H3. The lowest BCUT2D eigenvalue weighted by molar-refractivity contribution is 0.354. The van der Waals surface area contributed by atoms with Crippen LogP contribution in [0.15, 0.2) is 42.7 Å². The Bertz CT molecular complexity index is 583. The average Bonchev–Trinajstić information content (AvgIpc) is 2.47. The number of hydrogen-bond donors (Lipinski definition) is 1. The van der Waals surface area contributed by atoms with E-state index in [-0.39, 0.29) is 5.54 Å². The molecule has 0 aliphatic carbocycles. The van der Waals surface area contributed by atoms with E-state index in [0.29, 0.717) is 0 Å². The van der Waals surface area contributed by atoms with Crippen LogP contribution in [0.1, 0.15) is 18.1 Å². The average molecular weight is 286 g/mol. The van der Waals surface area contributed by atoms with Crippen molar-refractivity contribution in [1.82, 2.24) is 4.98 Å². The molecular formula is C17H22N2O2. The predicted octanol–water partition coefficient (Wildman–Crippen LogP) is 2.60. The topological polar surface area (TPSA) is 57.4 Å². The van der Waals surface area contributed by atoms with Gasteiger partial charge in [-0.1, -0.05) is 6.07 Å². The first kappa shape index (κ1) is 15.3. The van der Waals surface area contributed by atoms with Gasteiger partial charge in [-0.2, -0.15) is 0 Å². The first-order valence-electron chi connectivity index (χ1n) is 6.93. The first-order chi connectivity index (χ1) is 10.0. The van der Waals surface area contributed by atoms with Gasteiger partial charge >= 0.3 is 0 Å². The molecule has 4 nitrogen and oxygen atoms in total. The van der Waals surface area contributed by atoms with E-state index in [2.05, 4.69) is 11.9 Å². The third kappa shape index (κ3) is 4.20. The largest absolute Gasteiger partial charge is 0.493 e. The summed E-state index contributed by atoms with van der Waals surface area (Å²) in [6.07, 6.45) is 5.14. The summed E-state index contributed by atoms with van der Waals surface area (Å²) in [5, 5.41) is 0. The molecule has 0 saturated heterocycles. The lowest BCUT2D eigenvalue weighted by Gasteiger charge is -2.25. The maximum Gasteiger partial charge on any atom is 0.160 e. The Hall–Kier alpha value is -2.07. The van der Waals surface area contributed by atoms with E-state index in [1.165, 1.54) is 5.56 Å². The molecule has 0 aliphatic rings. The van der Waals surface area contributed by atoms with Gasteiger partial charge in [0.05, 0.1) is 14.2 Å². The van der Waals surface area contributed by atoms with Crippen molar-refractivity contribution in [3.8, 4) is 11.5 Å². The van der Waals surface area contributed by atoms with Gasteiger partial charge in [-0.05, 0) is 55.2 Å². The molecule has 2 aromatic rings. The molecule has 0 fully saturated rings. The predicted molar refractivity (Wildman–Crippen MR) is 83.8 cm³/mol. The number of benzene rings is 1. The smallest absolute Gasteiger partial charge is 0.160 e. The van der Waals surface area contributed by atoms with Crippen LogP contribution in [0.5, 0.6) is 11.5 Å². The van der Waals surface area contributed by atoms with Gasteiger partial charge in [0.2, 0.25) is 0 Å². The van der Waals surface area contributed by atoms with Gasteiger partial charge in [0.1, 0.15) is 0 Å². The van der Waals surface area contributed by atoms with Crippen molar-refractivity contribution in [3.05, 3.63) is 53.9 Å². The van der Waals surface area contributed by atoms with Crippen molar-refractivity contribution in [1.29, 1.82) is 0 Å². The minimum absolute atomic E-state index is 0.332. The fourth-order valence-corrected chi connectivity index (χ4v) is 2.49. The Kier molecular flexibility index (Phi) is 4.81. The summed E-state index contributed by atoms with van der Waals surface area (Å²) in [7, 11) is 3.27. The van der Waals surface area contributed by atoms with Gasteiger partial charge in [-0.15, -0.1) is 0 Å². The third-order valence-corrected chi connectivity index (χ3v) is 3.41. The van der Waals surface area contributed by atoms with Crippen LogP contribution in [-0.4, -0.2) is 24.7 Å². The maximum atomic E-state index is 6.45. The molecule has 0 saturated carbocycles. The molecule has 1 heterocycles. The number of hydrogen-bond acceptors (Lipinski definition) is 4. The van der Waals surface area contributed by atoms with E-state index >= 15 is 0 Å². The van der Waals surface area contributed by atoms with E-state index in [4.69, 9.17) is 15.2 Å². The summed E-state index contributed by atoms with van der Waals surface area (Å²) >= 11 is 0. The summed E-state index contributed by atoms with van der Waals surface area (Å²) < 4.78 is 10.6. The van der Waals surface area contributed by atoms with Crippen LogP contribution < -0.4 is 15.2 Å². The summed E-state index contributed by atoms with van der Waals surface area (Å²) in [4.78, 5) is 4.03. The zero-order valence-corrected chi connectivity index (χ0v) is 12.8. The molecule has 4 heteroatoms. The molecule has 112 valence electrons. The Balaban J connectivity index is 2.12. The van der Waals surface area contributed by atoms with Crippen LogP contribution in [0.2, 0.25) is 0 Å². The van der Waals surface area contributed by atoms with Crippen LogP contribution in [0.3, 0.4) is 0 Å². The first-order valence-corrected chi connectivity index (χ1v) is 6.93. The third-order valence-electron chi connectivity index (χ3n) is 3.41. The van der Waals surface area contributed by atoms with Gasteiger partial charge in [0.15, 0.2) is 11.5 Å². The summed E-state index contributed by atoms with van der Waals surface area (Å²) in [5.74, 6) is 1.46. The number of nitrogens with zero attached hydrogens (tertiary/aromatic N) is 1. The van der Waals surface area contributed by atoms with Gasteiger partial charge < -0.3 is 15.2 Å². The highest BCUT2D eigenvalue weighted by atomic mass is 16.5. The fraction of sp³-hybridized carbons (Fsp3) is 0.353. The van der Waals surface area contributed by atoms with E-state index in [1.807, 2.05) is 30.3 Å². The molecule has 2 rings (SSSR count). The minimum atomic E-state index is -0.332. The maximum absolute atomic E-state index is 6.45. The minimum Gasteiger partial charge on any atom is -0.493 e. The number of pyridine rings is 1. The summed E-state index contributed by atoms with van der Waals surface area (Å²) in [5.41, 5.74) is 8.44. The van der Waals surface area contributed by atoms with Crippen LogP contribution in [-0.2, 0) is 12.8 Å². The van der Waals surface area contributed by atoms with Crippen molar-refractivity contribution in [2.24, 2.45) is 5.73 Å². The lowest BCUT2D eigenvalue weighted by Crippen LogP contribution is -2.40. The van der Waals surface area contributed by atoms with E-state index in [9.17, 15) is 0 Å². The molecule has 0 amide bonds. The normalized spacial score (nSPS) is 13.5. The monoisotopic (exact) mass is 286 g/mol.